The molecule has 0 fully saturated rings. The highest BCUT2D eigenvalue weighted by Gasteiger charge is 2.16. The summed E-state index contributed by atoms with van der Waals surface area (Å²) in [4.78, 5) is 39.7. The molecule has 1 heterocycles. The number of anilines is 2. The molecule has 1 aromatic heterocycles. The van der Waals surface area contributed by atoms with Crippen molar-refractivity contribution in [3.05, 3.63) is 72.4 Å². The maximum Gasteiger partial charge on any atom is 0.331 e. The van der Waals surface area contributed by atoms with Gasteiger partial charge in [-0.25, -0.2) is 9.78 Å². The Morgan fingerprint density at radius 3 is 2.30 bits per heavy atom. The second kappa shape index (κ2) is 9.47. The number of carbonyl (C=O) groups is 3. The molecule has 7 heteroatoms. The molecule has 2 aromatic carbocycles. The topological polar surface area (TPSA) is 97.4 Å². The Kier molecular flexibility index (Phi) is 6.54. The summed E-state index contributed by atoms with van der Waals surface area (Å²) in [6, 6.07) is 18.0. The highest BCUT2D eigenvalue weighted by Crippen LogP contribution is 2.15. The highest BCUT2D eigenvalue weighted by molar-refractivity contribution is 5.97. The molecular formula is C23H21N3O4. The van der Waals surface area contributed by atoms with E-state index in [-0.39, 0.29) is 5.91 Å². The number of aromatic nitrogens is 1. The third kappa shape index (κ3) is 5.75. The van der Waals surface area contributed by atoms with E-state index in [1.165, 1.54) is 19.9 Å². The number of hydrogen-bond acceptors (Lipinski definition) is 5. The Balaban J connectivity index is 1.54. The fourth-order valence-electron chi connectivity index (χ4n) is 2.68. The molecule has 3 rings (SSSR count). The zero-order chi connectivity index (χ0) is 21.5. The molecule has 2 N–H and O–H groups in total. The zero-order valence-corrected chi connectivity index (χ0v) is 16.6. The zero-order valence-electron chi connectivity index (χ0n) is 16.6. The van der Waals surface area contributed by atoms with Gasteiger partial charge in [-0.3, -0.25) is 9.59 Å². The molecule has 30 heavy (non-hydrogen) atoms. The number of esters is 1. The Morgan fingerprint density at radius 1 is 0.933 bits per heavy atom. The third-order valence-electron chi connectivity index (χ3n) is 4.15. The molecule has 0 saturated heterocycles. The van der Waals surface area contributed by atoms with Crippen LogP contribution in [0, 0.1) is 0 Å². The summed E-state index contributed by atoms with van der Waals surface area (Å²) in [6.07, 6.45) is 1.80. The molecule has 0 aliphatic rings. The number of pyridine rings is 1. The van der Waals surface area contributed by atoms with E-state index in [0.29, 0.717) is 17.1 Å². The van der Waals surface area contributed by atoms with Crippen LogP contribution in [0.5, 0.6) is 0 Å². The fraction of sp³-hybridized carbons (Fsp3) is 0.130. The third-order valence-corrected chi connectivity index (χ3v) is 4.15. The van der Waals surface area contributed by atoms with Crippen LogP contribution in [0.15, 0.2) is 66.7 Å². The van der Waals surface area contributed by atoms with Gasteiger partial charge in [0.1, 0.15) is 0 Å². The minimum atomic E-state index is -0.985. The molecule has 0 aliphatic carbocycles. The van der Waals surface area contributed by atoms with Crippen LogP contribution in [0.4, 0.5) is 11.4 Å². The Morgan fingerprint density at radius 2 is 1.60 bits per heavy atom. The van der Waals surface area contributed by atoms with Gasteiger partial charge in [-0.05, 0) is 49.4 Å². The van der Waals surface area contributed by atoms with Crippen molar-refractivity contribution < 1.29 is 19.1 Å². The second-order valence-corrected chi connectivity index (χ2v) is 6.59. The molecule has 3 aromatic rings. The predicted molar refractivity (Wildman–Crippen MR) is 116 cm³/mol. The Labute approximate surface area is 173 Å². The van der Waals surface area contributed by atoms with E-state index in [9.17, 15) is 14.4 Å². The number of ether oxygens (including phenoxy) is 1. The summed E-state index contributed by atoms with van der Waals surface area (Å²) in [5.74, 6) is -1.29. The smallest absolute Gasteiger partial charge is 0.331 e. The lowest BCUT2D eigenvalue weighted by Crippen LogP contribution is -2.29. The quantitative estimate of drug-likeness (QED) is 0.482. The van der Waals surface area contributed by atoms with E-state index >= 15 is 0 Å². The first-order valence-corrected chi connectivity index (χ1v) is 9.34. The SMILES string of the molecule is CC(=O)Nc1ccc(NC(=O)[C@H](C)OC(=O)/C=C/c2ccc3ccccc3n2)cc1. The average Bonchev–Trinajstić information content (AvgIpc) is 2.73. The van der Waals surface area contributed by atoms with Gasteiger partial charge < -0.3 is 15.4 Å². The number of nitrogens with zero attached hydrogens (tertiary/aromatic N) is 1. The van der Waals surface area contributed by atoms with Crippen LogP contribution in [-0.4, -0.2) is 28.9 Å². The van der Waals surface area contributed by atoms with Crippen molar-refractivity contribution in [2.45, 2.75) is 20.0 Å². The molecule has 1 atom stereocenters. The predicted octanol–water partition coefficient (Wildman–Crippen LogP) is 3.78. The van der Waals surface area contributed by atoms with E-state index in [4.69, 9.17) is 4.74 Å². The maximum atomic E-state index is 12.2. The van der Waals surface area contributed by atoms with Crippen LogP contribution in [0.2, 0.25) is 0 Å². The number of hydrogen-bond donors (Lipinski definition) is 2. The van der Waals surface area contributed by atoms with Gasteiger partial charge in [0.2, 0.25) is 5.91 Å². The summed E-state index contributed by atoms with van der Waals surface area (Å²) in [6.45, 7) is 2.90. The highest BCUT2D eigenvalue weighted by atomic mass is 16.5. The van der Waals surface area contributed by atoms with Gasteiger partial charge in [-0.1, -0.05) is 24.3 Å². The first-order chi connectivity index (χ1) is 14.4. The number of para-hydroxylation sites is 1. The molecular weight excluding hydrogens is 382 g/mol. The van der Waals surface area contributed by atoms with Crippen LogP contribution in [0.3, 0.4) is 0 Å². The van der Waals surface area contributed by atoms with Crippen LogP contribution in [0.25, 0.3) is 17.0 Å². The first kappa shape index (κ1) is 20.7. The van der Waals surface area contributed by atoms with E-state index in [2.05, 4.69) is 15.6 Å². The maximum absolute atomic E-state index is 12.2. The summed E-state index contributed by atoms with van der Waals surface area (Å²) in [7, 11) is 0. The lowest BCUT2D eigenvalue weighted by molar-refractivity contribution is -0.148. The van der Waals surface area contributed by atoms with Crippen molar-refractivity contribution >= 4 is 46.1 Å². The molecule has 7 nitrogen and oxygen atoms in total. The Bertz CT molecular complexity index is 1110. The van der Waals surface area contributed by atoms with Crippen molar-refractivity contribution in [3.63, 3.8) is 0 Å². The van der Waals surface area contributed by atoms with Gasteiger partial charge in [0, 0.05) is 29.8 Å². The number of rotatable bonds is 6. The van der Waals surface area contributed by atoms with Crippen molar-refractivity contribution in [1.82, 2.24) is 4.98 Å². The summed E-state index contributed by atoms with van der Waals surface area (Å²) in [5, 5.41) is 6.30. The number of carbonyl (C=O) groups excluding carboxylic acids is 3. The average molecular weight is 403 g/mol. The van der Waals surface area contributed by atoms with Gasteiger partial charge >= 0.3 is 5.97 Å². The van der Waals surface area contributed by atoms with Crippen molar-refractivity contribution in [3.8, 4) is 0 Å². The normalized spacial score (nSPS) is 11.8. The summed E-state index contributed by atoms with van der Waals surface area (Å²) in [5.41, 5.74) is 2.58. The van der Waals surface area contributed by atoms with E-state index < -0.39 is 18.0 Å². The van der Waals surface area contributed by atoms with Gasteiger partial charge in [0.25, 0.3) is 5.91 Å². The molecule has 0 unspecified atom stereocenters. The molecule has 0 bridgehead atoms. The molecule has 0 aliphatic heterocycles. The van der Waals surface area contributed by atoms with Gasteiger partial charge in [0.15, 0.2) is 6.10 Å². The van der Waals surface area contributed by atoms with E-state index in [1.54, 1.807) is 36.4 Å². The first-order valence-electron chi connectivity index (χ1n) is 9.34. The second-order valence-electron chi connectivity index (χ2n) is 6.59. The van der Waals surface area contributed by atoms with E-state index in [0.717, 1.165) is 10.9 Å². The largest absolute Gasteiger partial charge is 0.449 e. The van der Waals surface area contributed by atoms with Crippen LogP contribution in [0.1, 0.15) is 19.5 Å². The fourth-order valence-corrected chi connectivity index (χ4v) is 2.68. The lowest BCUT2D eigenvalue weighted by Gasteiger charge is -2.12. The van der Waals surface area contributed by atoms with Crippen molar-refractivity contribution in [2.24, 2.45) is 0 Å². The monoisotopic (exact) mass is 403 g/mol. The van der Waals surface area contributed by atoms with Gasteiger partial charge in [-0.15, -0.1) is 0 Å². The van der Waals surface area contributed by atoms with Crippen molar-refractivity contribution in [2.75, 3.05) is 10.6 Å². The Hall–Kier alpha value is -4.00. The minimum Gasteiger partial charge on any atom is -0.449 e. The molecule has 0 saturated carbocycles. The standard InChI is InChI=1S/C23H21N3O4/c1-15(23(29)26-20-11-9-18(10-12-20)24-16(2)27)30-22(28)14-13-19-8-7-17-5-3-4-6-21(17)25-19/h3-15H,1-2H3,(H,24,27)(H,26,29)/b14-13+/t15-/m0/s1. The number of amides is 2. The molecule has 152 valence electrons. The summed E-state index contributed by atoms with van der Waals surface area (Å²) >= 11 is 0. The van der Waals surface area contributed by atoms with Gasteiger partial charge in [-0.2, -0.15) is 0 Å². The number of fused-ring (bicyclic) bond motifs is 1. The minimum absolute atomic E-state index is 0.181. The van der Waals surface area contributed by atoms with E-state index in [1.807, 2.05) is 30.3 Å². The van der Waals surface area contributed by atoms with Crippen LogP contribution < -0.4 is 10.6 Å². The lowest BCUT2D eigenvalue weighted by atomic mass is 10.2. The summed E-state index contributed by atoms with van der Waals surface area (Å²) < 4.78 is 5.15. The van der Waals surface area contributed by atoms with Gasteiger partial charge in [0.05, 0.1) is 11.2 Å². The van der Waals surface area contributed by atoms with Crippen molar-refractivity contribution in [1.29, 1.82) is 0 Å². The molecule has 2 amide bonds. The van der Waals surface area contributed by atoms with Crippen LogP contribution in [-0.2, 0) is 19.1 Å². The molecule has 0 radical (unpaired) electrons. The molecule has 0 spiro atoms. The number of benzene rings is 2. The van der Waals surface area contributed by atoms with Crippen LogP contribution >= 0.6 is 0 Å². The number of nitrogens with one attached hydrogen (secondary N) is 2.